The van der Waals surface area contributed by atoms with Gasteiger partial charge < -0.3 is 4.90 Å². The molecule has 0 spiro atoms. The van der Waals surface area contributed by atoms with E-state index in [2.05, 4.69) is 4.72 Å². The lowest BCUT2D eigenvalue weighted by Gasteiger charge is -2.21. The van der Waals surface area contributed by atoms with Gasteiger partial charge in [0.05, 0.1) is 6.26 Å². The molecule has 5 nitrogen and oxygen atoms in total. The van der Waals surface area contributed by atoms with Gasteiger partial charge in [0, 0.05) is 29.9 Å². The fourth-order valence-electron chi connectivity index (χ4n) is 2.72. The first-order valence-electron chi connectivity index (χ1n) is 8.62. The lowest BCUT2D eigenvalue weighted by molar-refractivity contribution is -0.127. The van der Waals surface area contributed by atoms with Crippen LogP contribution in [0.2, 0.25) is 0 Å². The molecule has 3 rings (SSSR count). The van der Waals surface area contributed by atoms with E-state index in [4.69, 9.17) is 0 Å². The van der Waals surface area contributed by atoms with Crippen molar-refractivity contribution in [3.05, 3.63) is 71.6 Å². The Balaban J connectivity index is 1.68. The van der Waals surface area contributed by atoms with Crippen molar-refractivity contribution in [2.75, 3.05) is 11.0 Å². The highest BCUT2D eigenvalue weighted by molar-refractivity contribution is 7.92. The summed E-state index contributed by atoms with van der Waals surface area (Å²) < 4.78 is 38.7. The third-order valence-electron chi connectivity index (χ3n) is 4.20. The number of benzene rings is 2. The third kappa shape index (κ3) is 5.65. The summed E-state index contributed by atoms with van der Waals surface area (Å²) in [7, 11) is -3.32. The fourth-order valence-corrected chi connectivity index (χ4v) is 3.29. The highest BCUT2D eigenvalue weighted by atomic mass is 32.2. The highest BCUT2D eigenvalue weighted by Gasteiger charge is 2.31. The Morgan fingerprint density at radius 2 is 1.85 bits per heavy atom. The third-order valence-corrected chi connectivity index (χ3v) is 4.81. The number of anilines is 1. The maximum atomic E-state index is 13.9. The minimum Gasteiger partial charge on any atom is -0.332 e. The molecule has 1 amide bonds. The molecule has 0 radical (unpaired) electrons. The van der Waals surface area contributed by atoms with Gasteiger partial charge in [-0.05, 0) is 42.7 Å². The minimum atomic E-state index is -3.32. The smallest absolute Gasteiger partial charge is 0.247 e. The lowest BCUT2D eigenvalue weighted by Crippen LogP contribution is -2.31. The topological polar surface area (TPSA) is 66.5 Å². The molecule has 0 aliphatic heterocycles. The molecule has 1 aliphatic rings. The second-order valence-corrected chi connectivity index (χ2v) is 8.37. The van der Waals surface area contributed by atoms with Gasteiger partial charge in [0.25, 0.3) is 0 Å². The number of hydrogen-bond donors (Lipinski definition) is 1. The van der Waals surface area contributed by atoms with Gasteiger partial charge in [0.1, 0.15) is 5.82 Å². The van der Waals surface area contributed by atoms with Crippen LogP contribution in [0.4, 0.5) is 10.1 Å². The van der Waals surface area contributed by atoms with Crippen LogP contribution >= 0.6 is 0 Å². The summed E-state index contributed by atoms with van der Waals surface area (Å²) in [6, 6.07) is 13.3. The van der Waals surface area contributed by atoms with Crippen molar-refractivity contribution in [1.29, 1.82) is 0 Å². The zero-order valence-corrected chi connectivity index (χ0v) is 15.7. The van der Waals surface area contributed by atoms with Gasteiger partial charge in [0.2, 0.25) is 15.9 Å². The number of sulfonamides is 1. The Bertz CT molecular complexity index is 951. The second kappa shape index (κ2) is 7.92. The predicted molar refractivity (Wildman–Crippen MR) is 104 cm³/mol. The molecular weight excluding hydrogens is 367 g/mol. The molecular formula is C20H21FN2O3S. The zero-order chi connectivity index (χ0) is 19.4. The maximum Gasteiger partial charge on any atom is 0.247 e. The van der Waals surface area contributed by atoms with Crippen LogP contribution in [0.15, 0.2) is 54.6 Å². The van der Waals surface area contributed by atoms with Crippen molar-refractivity contribution in [2.45, 2.75) is 25.4 Å². The van der Waals surface area contributed by atoms with Crippen molar-refractivity contribution < 1.29 is 17.6 Å². The Hall–Kier alpha value is -2.67. The van der Waals surface area contributed by atoms with Crippen LogP contribution in [0.3, 0.4) is 0 Å². The van der Waals surface area contributed by atoms with Crippen molar-refractivity contribution >= 4 is 27.7 Å². The number of amides is 1. The van der Waals surface area contributed by atoms with Crippen LogP contribution < -0.4 is 4.72 Å². The summed E-state index contributed by atoms with van der Waals surface area (Å²) in [5, 5.41) is 0. The molecule has 0 unspecified atom stereocenters. The molecule has 2 aromatic carbocycles. The fraction of sp³-hybridized carbons (Fsp3) is 0.250. The molecule has 27 heavy (non-hydrogen) atoms. The first kappa shape index (κ1) is 19.1. The molecule has 1 N–H and O–H groups in total. The summed E-state index contributed by atoms with van der Waals surface area (Å²) in [4.78, 5) is 14.3. The molecule has 7 heteroatoms. The average molecular weight is 388 g/mol. The number of halogens is 1. The van der Waals surface area contributed by atoms with Gasteiger partial charge in [-0.1, -0.05) is 30.3 Å². The van der Waals surface area contributed by atoms with Gasteiger partial charge in [-0.2, -0.15) is 0 Å². The van der Waals surface area contributed by atoms with Crippen molar-refractivity contribution in [3.8, 4) is 0 Å². The van der Waals surface area contributed by atoms with E-state index in [1.807, 2.05) is 0 Å². The normalized spacial score (nSPS) is 14.3. The van der Waals surface area contributed by atoms with E-state index in [9.17, 15) is 17.6 Å². The minimum absolute atomic E-state index is 0.156. The van der Waals surface area contributed by atoms with E-state index in [1.54, 1.807) is 53.4 Å². The van der Waals surface area contributed by atoms with Crippen LogP contribution in [0.1, 0.15) is 24.0 Å². The molecule has 1 saturated carbocycles. The van der Waals surface area contributed by atoms with Crippen LogP contribution in [-0.2, 0) is 21.4 Å². The Morgan fingerprint density at radius 3 is 2.44 bits per heavy atom. The molecule has 0 atom stereocenters. The SMILES string of the molecule is CS(=O)(=O)Nc1ccc(/C=C/C(=O)N(Cc2ccccc2F)C2CC2)cc1. The quantitative estimate of drug-likeness (QED) is 0.740. The summed E-state index contributed by atoms with van der Waals surface area (Å²) in [5.74, 6) is -0.479. The molecule has 142 valence electrons. The number of nitrogens with one attached hydrogen (secondary N) is 1. The van der Waals surface area contributed by atoms with Gasteiger partial charge in [-0.3, -0.25) is 9.52 Å². The zero-order valence-electron chi connectivity index (χ0n) is 14.9. The molecule has 1 fully saturated rings. The first-order chi connectivity index (χ1) is 12.8. The van der Waals surface area contributed by atoms with Crippen LogP contribution in [-0.4, -0.2) is 31.5 Å². The van der Waals surface area contributed by atoms with Crippen LogP contribution in [0.25, 0.3) is 6.08 Å². The molecule has 0 aromatic heterocycles. The Morgan fingerprint density at radius 1 is 1.19 bits per heavy atom. The number of carbonyl (C=O) groups is 1. The second-order valence-electron chi connectivity index (χ2n) is 6.62. The van der Waals surface area contributed by atoms with Gasteiger partial charge in [-0.25, -0.2) is 12.8 Å². The van der Waals surface area contributed by atoms with E-state index in [0.29, 0.717) is 11.3 Å². The number of nitrogens with zero attached hydrogens (tertiary/aromatic N) is 1. The van der Waals surface area contributed by atoms with Crippen molar-refractivity contribution in [2.24, 2.45) is 0 Å². The van der Waals surface area contributed by atoms with E-state index >= 15 is 0 Å². The number of carbonyl (C=O) groups excluding carboxylic acids is 1. The van der Waals surface area contributed by atoms with Crippen molar-refractivity contribution in [1.82, 2.24) is 4.90 Å². The van der Waals surface area contributed by atoms with E-state index in [1.165, 1.54) is 12.1 Å². The summed E-state index contributed by atoms with van der Waals surface area (Å²) in [5.41, 5.74) is 1.73. The average Bonchev–Trinajstić information content (AvgIpc) is 3.44. The van der Waals surface area contributed by atoms with Crippen LogP contribution in [0, 0.1) is 5.82 Å². The number of rotatable bonds is 7. The van der Waals surface area contributed by atoms with Gasteiger partial charge in [0.15, 0.2) is 0 Å². The molecule has 2 aromatic rings. The summed E-state index contributed by atoms with van der Waals surface area (Å²) >= 11 is 0. The van der Waals surface area contributed by atoms with Crippen molar-refractivity contribution in [3.63, 3.8) is 0 Å². The Labute approximate surface area is 158 Å². The largest absolute Gasteiger partial charge is 0.332 e. The summed E-state index contributed by atoms with van der Waals surface area (Å²) in [6.07, 6.45) is 6.09. The van der Waals surface area contributed by atoms with Gasteiger partial charge >= 0.3 is 0 Å². The van der Waals surface area contributed by atoms with E-state index < -0.39 is 10.0 Å². The lowest BCUT2D eigenvalue weighted by atomic mass is 10.1. The summed E-state index contributed by atoms with van der Waals surface area (Å²) in [6.45, 7) is 0.248. The molecule has 0 saturated heterocycles. The number of hydrogen-bond acceptors (Lipinski definition) is 3. The monoisotopic (exact) mass is 388 g/mol. The highest BCUT2D eigenvalue weighted by Crippen LogP contribution is 2.29. The predicted octanol–water partition coefficient (Wildman–Crippen LogP) is 3.40. The Kier molecular flexibility index (Phi) is 5.60. The molecule has 0 heterocycles. The molecule has 0 bridgehead atoms. The van der Waals surface area contributed by atoms with E-state index in [-0.39, 0.29) is 24.3 Å². The standard InChI is InChI=1S/C20H21FN2O3S/c1-27(25,26)22-17-9-6-15(7-10-17)8-13-20(24)23(18-11-12-18)14-16-4-2-3-5-19(16)21/h2-10,13,18,22H,11-12,14H2,1H3/b13-8+. The first-order valence-corrected chi connectivity index (χ1v) is 10.5. The maximum absolute atomic E-state index is 13.9. The van der Waals surface area contributed by atoms with Crippen LogP contribution in [0.5, 0.6) is 0 Å². The van der Waals surface area contributed by atoms with E-state index in [0.717, 1.165) is 24.7 Å². The van der Waals surface area contributed by atoms with Gasteiger partial charge in [-0.15, -0.1) is 0 Å². The molecule has 1 aliphatic carbocycles.